The summed E-state index contributed by atoms with van der Waals surface area (Å²) >= 11 is 1.20. The highest BCUT2D eigenvalue weighted by Crippen LogP contribution is 2.22. The molecular weight excluding hydrogens is 306 g/mol. The first-order valence-electron chi connectivity index (χ1n) is 6.38. The van der Waals surface area contributed by atoms with E-state index in [1.54, 1.807) is 6.92 Å². The molecule has 0 bridgehead atoms. The van der Waals surface area contributed by atoms with Crippen LogP contribution in [0.1, 0.15) is 32.6 Å². The summed E-state index contributed by atoms with van der Waals surface area (Å²) in [6, 6.07) is 5.40. The van der Waals surface area contributed by atoms with Crippen LogP contribution in [0.25, 0.3) is 0 Å². The number of nitrogens with zero attached hydrogens (tertiary/aromatic N) is 2. The molecule has 0 atom stereocenters. The number of aryl methyl sites for hydroxylation is 1. The molecule has 8 heteroatoms. The van der Waals surface area contributed by atoms with Crippen molar-refractivity contribution in [3.05, 3.63) is 50.5 Å². The summed E-state index contributed by atoms with van der Waals surface area (Å²) in [4.78, 5) is 38.1. The van der Waals surface area contributed by atoms with Gasteiger partial charge < -0.3 is 5.32 Å². The van der Waals surface area contributed by atoms with Gasteiger partial charge >= 0.3 is 0 Å². The van der Waals surface area contributed by atoms with Crippen molar-refractivity contribution in [1.82, 2.24) is 4.98 Å². The molecule has 0 unspecified atom stereocenters. The van der Waals surface area contributed by atoms with Gasteiger partial charge in [0, 0.05) is 24.6 Å². The minimum absolute atomic E-state index is 0.00209. The molecule has 114 valence electrons. The Hall–Kier alpha value is -2.61. The number of aromatic nitrogens is 1. The number of non-ortho nitro benzene ring substituents is 1. The molecule has 2 aromatic rings. The molecule has 1 aromatic carbocycles. The molecule has 0 fully saturated rings. The van der Waals surface area contributed by atoms with E-state index in [1.165, 1.54) is 42.5 Å². The summed E-state index contributed by atoms with van der Waals surface area (Å²) < 4.78 is 0. The molecular formula is C14H13N3O4S. The highest BCUT2D eigenvalue weighted by Gasteiger charge is 2.13. The maximum absolute atomic E-state index is 12.0. The summed E-state index contributed by atoms with van der Waals surface area (Å²) in [6.45, 7) is 3.20. The number of hydrogen-bond acceptors (Lipinski definition) is 7. The Labute approximate surface area is 130 Å². The molecule has 0 radical (unpaired) electrons. The third-order valence-electron chi connectivity index (χ3n) is 2.92. The summed E-state index contributed by atoms with van der Waals surface area (Å²) in [6.07, 6.45) is 0. The van der Waals surface area contributed by atoms with E-state index < -0.39 is 4.92 Å². The third kappa shape index (κ3) is 3.53. The highest BCUT2D eigenvalue weighted by molar-refractivity contribution is 7.17. The van der Waals surface area contributed by atoms with Crippen molar-refractivity contribution in [2.45, 2.75) is 13.8 Å². The Balaban J connectivity index is 2.02. The number of anilines is 1. The van der Waals surface area contributed by atoms with E-state index in [9.17, 15) is 19.7 Å². The lowest BCUT2D eigenvalue weighted by atomic mass is 10.1. The first kappa shape index (κ1) is 15.8. The number of Topliss-reactive ketones (excluding diaryl/α,β-unsaturated/α-hetero) is 2. The largest absolute Gasteiger partial charge is 0.354 e. The standard InChI is InChI=1S/C14H13N3O4S/c1-8-13(9(2)18)22-14(16-8)15-7-12(19)10-3-5-11(6-4-10)17(20)21/h3-6H,7H2,1-2H3,(H,15,16). The van der Waals surface area contributed by atoms with Gasteiger partial charge in [-0.3, -0.25) is 19.7 Å². The smallest absolute Gasteiger partial charge is 0.269 e. The van der Waals surface area contributed by atoms with E-state index in [4.69, 9.17) is 0 Å². The van der Waals surface area contributed by atoms with Crippen molar-refractivity contribution >= 4 is 33.7 Å². The average molecular weight is 319 g/mol. The number of thiazole rings is 1. The Bertz CT molecular complexity index is 737. The van der Waals surface area contributed by atoms with E-state index in [2.05, 4.69) is 10.3 Å². The number of nitro benzene ring substituents is 1. The molecule has 0 amide bonds. The molecule has 22 heavy (non-hydrogen) atoms. The number of rotatable bonds is 6. The van der Waals surface area contributed by atoms with Crippen molar-refractivity contribution in [2.75, 3.05) is 11.9 Å². The zero-order valence-corrected chi connectivity index (χ0v) is 12.8. The van der Waals surface area contributed by atoms with Crippen LogP contribution in [0.4, 0.5) is 10.8 Å². The predicted octanol–water partition coefficient (Wildman–Crippen LogP) is 2.86. The average Bonchev–Trinajstić information content (AvgIpc) is 2.86. The first-order valence-corrected chi connectivity index (χ1v) is 7.20. The normalized spacial score (nSPS) is 10.3. The number of carbonyl (C=O) groups excluding carboxylic acids is 2. The second-order valence-electron chi connectivity index (χ2n) is 4.57. The highest BCUT2D eigenvalue weighted by atomic mass is 32.1. The van der Waals surface area contributed by atoms with Crippen molar-refractivity contribution in [1.29, 1.82) is 0 Å². The SMILES string of the molecule is CC(=O)c1sc(NCC(=O)c2ccc([N+](=O)[O-])cc2)nc1C. The van der Waals surface area contributed by atoms with Crippen LogP contribution in [-0.4, -0.2) is 28.0 Å². The fourth-order valence-electron chi connectivity index (χ4n) is 1.83. The number of nitrogens with one attached hydrogen (secondary N) is 1. The van der Waals surface area contributed by atoms with Crippen LogP contribution in [0.2, 0.25) is 0 Å². The number of carbonyl (C=O) groups is 2. The van der Waals surface area contributed by atoms with Gasteiger partial charge in [-0.25, -0.2) is 4.98 Å². The molecule has 1 N–H and O–H groups in total. The first-order chi connectivity index (χ1) is 10.4. The van der Waals surface area contributed by atoms with E-state index >= 15 is 0 Å². The van der Waals surface area contributed by atoms with Gasteiger partial charge in [0.1, 0.15) is 0 Å². The van der Waals surface area contributed by atoms with Gasteiger partial charge in [-0.1, -0.05) is 11.3 Å². The van der Waals surface area contributed by atoms with Crippen LogP contribution in [0.5, 0.6) is 0 Å². The minimum Gasteiger partial charge on any atom is -0.354 e. The van der Waals surface area contributed by atoms with Crippen molar-refractivity contribution in [3.63, 3.8) is 0 Å². The van der Waals surface area contributed by atoms with Gasteiger partial charge in [0.05, 0.1) is 22.0 Å². The van der Waals surface area contributed by atoms with Crippen LogP contribution < -0.4 is 5.32 Å². The number of ketones is 2. The molecule has 0 saturated heterocycles. The second kappa shape index (κ2) is 6.44. The molecule has 7 nitrogen and oxygen atoms in total. The lowest BCUT2D eigenvalue weighted by molar-refractivity contribution is -0.384. The van der Waals surface area contributed by atoms with Crippen LogP contribution in [0, 0.1) is 17.0 Å². The van der Waals surface area contributed by atoms with Crippen molar-refractivity contribution < 1.29 is 14.5 Å². The van der Waals surface area contributed by atoms with Gasteiger partial charge in [-0.2, -0.15) is 0 Å². The fourth-order valence-corrected chi connectivity index (χ4v) is 2.68. The van der Waals surface area contributed by atoms with E-state index in [-0.39, 0.29) is 23.8 Å². The number of nitro groups is 1. The zero-order chi connectivity index (χ0) is 16.3. The summed E-state index contributed by atoms with van der Waals surface area (Å²) in [7, 11) is 0. The van der Waals surface area contributed by atoms with E-state index in [0.717, 1.165) is 0 Å². The van der Waals surface area contributed by atoms with Crippen LogP contribution in [0.15, 0.2) is 24.3 Å². The third-order valence-corrected chi connectivity index (χ3v) is 4.13. The summed E-state index contributed by atoms with van der Waals surface area (Å²) in [5.41, 5.74) is 0.937. The quantitative estimate of drug-likeness (QED) is 0.499. The lowest BCUT2D eigenvalue weighted by Gasteiger charge is -2.02. The Morgan fingerprint density at radius 2 is 1.95 bits per heavy atom. The van der Waals surface area contributed by atoms with Crippen LogP contribution in [0.3, 0.4) is 0 Å². The summed E-state index contributed by atoms with van der Waals surface area (Å²) in [5, 5.41) is 13.9. The molecule has 1 heterocycles. The lowest BCUT2D eigenvalue weighted by Crippen LogP contribution is -2.13. The molecule has 0 saturated carbocycles. The van der Waals surface area contributed by atoms with Gasteiger partial charge in [0.2, 0.25) is 0 Å². The van der Waals surface area contributed by atoms with E-state index in [0.29, 0.717) is 21.3 Å². The van der Waals surface area contributed by atoms with Gasteiger partial charge in [0.15, 0.2) is 16.7 Å². The van der Waals surface area contributed by atoms with Gasteiger partial charge in [-0.05, 0) is 19.1 Å². The Kier molecular flexibility index (Phi) is 4.62. The molecule has 1 aromatic heterocycles. The van der Waals surface area contributed by atoms with Crippen molar-refractivity contribution in [3.8, 4) is 0 Å². The molecule has 2 rings (SSSR count). The minimum atomic E-state index is -0.520. The van der Waals surface area contributed by atoms with Crippen molar-refractivity contribution in [2.24, 2.45) is 0 Å². The number of benzene rings is 1. The fraction of sp³-hybridized carbons (Fsp3) is 0.214. The maximum Gasteiger partial charge on any atom is 0.269 e. The van der Waals surface area contributed by atoms with Gasteiger partial charge in [0.25, 0.3) is 5.69 Å². The zero-order valence-electron chi connectivity index (χ0n) is 12.0. The van der Waals surface area contributed by atoms with Crippen LogP contribution in [-0.2, 0) is 0 Å². The van der Waals surface area contributed by atoms with Gasteiger partial charge in [-0.15, -0.1) is 0 Å². The Morgan fingerprint density at radius 1 is 1.32 bits per heavy atom. The second-order valence-corrected chi connectivity index (χ2v) is 5.57. The monoisotopic (exact) mass is 319 g/mol. The molecule has 0 aliphatic heterocycles. The maximum atomic E-state index is 12.0. The number of hydrogen-bond donors (Lipinski definition) is 1. The molecule has 0 aliphatic carbocycles. The van der Waals surface area contributed by atoms with Crippen LogP contribution >= 0.6 is 11.3 Å². The molecule has 0 spiro atoms. The Morgan fingerprint density at radius 3 is 2.45 bits per heavy atom. The van der Waals surface area contributed by atoms with E-state index in [1.807, 2.05) is 0 Å². The summed E-state index contributed by atoms with van der Waals surface area (Å²) in [5.74, 6) is -0.281. The predicted molar refractivity (Wildman–Crippen MR) is 82.8 cm³/mol. The molecule has 0 aliphatic rings. The topological polar surface area (TPSA) is 102 Å².